The topological polar surface area (TPSA) is 87.2 Å². The Labute approximate surface area is 156 Å². The molecule has 0 fully saturated rings. The maximum Gasteiger partial charge on any atom is 0.329 e. The van der Waals surface area contributed by atoms with E-state index in [1.54, 1.807) is 24.3 Å². The Kier molecular flexibility index (Phi) is 5.71. The molecule has 0 saturated heterocycles. The van der Waals surface area contributed by atoms with E-state index in [1.165, 1.54) is 4.57 Å². The molecule has 1 heterocycles. The number of hydrogen-bond acceptors (Lipinski definition) is 4. The van der Waals surface area contributed by atoms with Crippen LogP contribution in [0.15, 0.2) is 64.2 Å². The molecule has 2 aromatic carbocycles. The summed E-state index contributed by atoms with van der Waals surface area (Å²) in [6.45, 7) is 1.17. The lowest BCUT2D eigenvalue weighted by atomic mass is 10.2. The van der Waals surface area contributed by atoms with Crippen LogP contribution in [0.2, 0.25) is 0 Å². The molecule has 0 atom stereocenters. The first-order valence-electron chi connectivity index (χ1n) is 8.81. The number of nitrogens with one attached hydrogen (secondary N) is 2. The lowest BCUT2D eigenvalue weighted by Crippen LogP contribution is -2.37. The van der Waals surface area contributed by atoms with Crippen molar-refractivity contribution in [2.45, 2.75) is 13.0 Å². The summed E-state index contributed by atoms with van der Waals surface area (Å²) in [7, 11) is 2.00. The van der Waals surface area contributed by atoms with Crippen molar-refractivity contribution in [2.75, 3.05) is 25.0 Å². The number of nitrogens with zero attached hydrogens (tertiary/aromatic N) is 2. The van der Waals surface area contributed by atoms with Gasteiger partial charge in [-0.1, -0.05) is 30.3 Å². The minimum absolute atomic E-state index is 0.134. The van der Waals surface area contributed by atoms with Gasteiger partial charge < -0.3 is 10.2 Å². The van der Waals surface area contributed by atoms with Gasteiger partial charge in [0, 0.05) is 25.8 Å². The SMILES string of the molecule is CN(CCCNC(=O)Cn1c(=O)[nH]c(=O)c2ccccc21)c1ccccc1. The Balaban J connectivity index is 1.57. The van der Waals surface area contributed by atoms with Gasteiger partial charge in [-0.05, 0) is 30.7 Å². The highest BCUT2D eigenvalue weighted by atomic mass is 16.2. The zero-order chi connectivity index (χ0) is 19.2. The van der Waals surface area contributed by atoms with E-state index < -0.39 is 11.2 Å². The molecule has 0 spiro atoms. The third-order valence-electron chi connectivity index (χ3n) is 4.40. The first-order valence-corrected chi connectivity index (χ1v) is 8.81. The zero-order valence-corrected chi connectivity index (χ0v) is 15.1. The van der Waals surface area contributed by atoms with Crippen LogP contribution in [0.25, 0.3) is 10.9 Å². The molecular weight excluding hydrogens is 344 g/mol. The van der Waals surface area contributed by atoms with Gasteiger partial charge in [0.15, 0.2) is 0 Å². The van der Waals surface area contributed by atoms with E-state index in [0.29, 0.717) is 17.4 Å². The van der Waals surface area contributed by atoms with E-state index in [4.69, 9.17) is 0 Å². The summed E-state index contributed by atoms with van der Waals surface area (Å²) in [5.74, 6) is -0.267. The molecule has 140 valence electrons. The van der Waals surface area contributed by atoms with Crippen molar-refractivity contribution in [2.24, 2.45) is 0 Å². The van der Waals surface area contributed by atoms with Crippen LogP contribution in [0, 0.1) is 0 Å². The van der Waals surface area contributed by atoms with Crippen molar-refractivity contribution in [1.29, 1.82) is 0 Å². The molecule has 0 aliphatic rings. The normalized spacial score (nSPS) is 10.7. The Bertz CT molecular complexity index is 1040. The molecule has 3 aromatic rings. The van der Waals surface area contributed by atoms with Crippen molar-refractivity contribution in [3.63, 3.8) is 0 Å². The molecule has 0 unspecified atom stereocenters. The Morgan fingerprint density at radius 3 is 2.56 bits per heavy atom. The van der Waals surface area contributed by atoms with Gasteiger partial charge in [-0.25, -0.2) is 4.79 Å². The fraction of sp³-hybridized carbons (Fsp3) is 0.250. The molecule has 7 nitrogen and oxygen atoms in total. The number of fused-ring (bicyclic) bond motifs is 1. The third-order valence-corrected chi connectivity index (χ3v) is 4.40. The van der Waals surface area contributed by atoms with Crippen molar-refractivity contribution in [1.82, 2.24) is 14.9 Å². The fourth-order valence-corrected chi connectivity index (χ4v) is 2.95. The standard InChI is InChI=1S/C20H22N4O3/c1-23(15-8-3-2-4-9-15)13-7-12-21-18(25)14-24-17-11-6-5-10-16(17)19(26)22-20(24)27/h2-6,8-11H,7,12-14H2,1H3,(H,21,25)(H,22,26,27). The van der Waals surface area contributed by atoms with E-state index >= 15 is 0 Å². The monoisotopic (exact) mass is 366 g/mol. The molecule has 2 N–H and O–H groups in total. The summed E-state index contributed by atoms with van der Waals surface area (Å²) in [6.07, 6.45) is 0.776. The second-order valence-electron chi connectivity index (χ2n) is 6.32. The van der Waals surface area contributed by atoms with Crippen LogP contribution < -0.4 is 21.5 Å². The lowest BCUT2D eigenvalue weighted by Gasteiger charge is -2.19. The highest BCUT2D eigenvalue weighted by Crippen LogP contribution is 2.10. The maximum atomic E-state index is 12.2. The van der Waals surface area contributed by atoms with Crippen molar-refractivity contribution >= 4 is 22.5 Å². The number of aromatic amines is 1. The first-order chi connectivity index (χ1) is 13.1. The van der Waals surface area contributed by atoms with Gasteiger partial charge in [-0.3, -0.25) is 19.1 Å². The van der Waals surface area contributed by atoms with Gasteiger partial charge in [-0.15, -0.1) is 0 Å². The van der Waals surface area contributed by atoms with Gasteiger partial charge in [0.25, 0.3) is 5.56 Å². The van der Waals surface area contributed by atoms with Crippen LogP contribution in [-0.4, -0.2) is 35.6 Å². The number of aromatic nitrogens is 2. The second kappa shape index (κ2) is 8.35. The van der Waals surface area contributed by atoms with Crippen molar-refractivity contribution in [3.05, 3.63) is 75.4 Å². The maximum absolute atomic E-state index is 12.2. The van der Waals surface area contributed by atoms with Gasteiger partial charge in [-0.2, -0.15) is 0 Å². The molecule has 0 bridgehead atoms. The van der Waals surface area contributed by atoms with Crippen molar-refractivity contribution in [3.8, 4) is 0 Å². The van der Waals surface area contributed by atoms with E-state index in [2.05, 4.69) is 15.2 Å². The lowest BCUT2D eigenvalue weighted by molar-refractivity contribution is -0.121. The van der Waals surface area contributed by atoms with E-state index in [0.717, 1.165) is 18.7 Å². The van der Waals surface area contributed by atoms with Gasteiger partial charge >= 0.3 is 5.69 Å². The number of para-hydroxylation sites is 2. The van der Waals surface area contributed by atoms with Crippen LogP contribution in [0.5, 0.6) is 0 Å². The summed E-state index contributed by atoms with van der Waals surface area (Å²) >= 11 is 0. The number of hydrogen-bond donors (Lipinski definition) is 2. The van der Waals surface area contributed by atoms with Crippen LogP contribution in [-0.2, 0) is 11.3 Å². The van der Waals surface area contributed by atoms with E-state index in [-0.39, 0.29) is 12.5 Å². The summed E-state index contributed by atoms with van der Waals surface area (Å²) in [4.78, 5) is 40.5. The van der Waals surface area contributed by atoms with Gasteiger partial charge in [0.1, 0.15) is 6.54 Å². The predicted octanol–water partition coefficient (Wildman–Crippen LogP) is 1.33. The van der Waals surface area contributed by atoms with Crippen LogP contribution >= 0.6 is 0 Å². The number of benzene rings is 2. The Morgan fingerprint density at radius 1 is 1.07 bits per heavy atom. The number of H-pyrrole nitrogens is 1. The number of carbonyl (C=O) groups is 1. The molecule has 7 heteroatoms. The molecule has 1 amide bonds. The molecule has 0 radical (unpaired) electrons. The molecule has 0 saturated carbocycles. The number of carbonyl (C=O) groups excluding carboxylic acids is 1. The predicted molar refractivity (Wildman–Crippen MR) is 106 cm³/mol. The Morgan fingerprint density at radius 2 is 1.78 bits per heavy atom. The number of amides is 1. The summed E-state index contributed by atoms with van der Waals surface area (Å²) in [6, 6.07) is 16.7. The number of anilines is 1. The Hall–Kier alpha value is -3.35. The van der Waals surface area contributed by atoms with Crippen LogP contribution in [0.3, 0.4) is 0 Å². The molecule has 0 aliphatic heterocycles. The van der Waals surface area contributed by atoms with Crippen molar-refractivity contribution < 1.29 is 4.79 Å². The molecule has 1 aromatic heterocycles. The molecule has 3 rings (SSSR count). The molecule has 0 aliphatic carbocycles. The summed E-state index contributed by atoms with van der Waals surface area (Å²) in [5.41, 5.74) is 0.536. The largest absolute Gasteiger partial charge is 0.375 e. The van der Waals surface area contributed by atoms with E-state index in [9.17, 15) is 14.4 Å². The molecular formula is C20H22N4O3. The van der Waals surface area contributed by atoms with Crippen LogP contribution in [0.4, 0.5) is 5.69 Å². The quantitative estimate of drug-likeness (QED) is 0.618. The average molecular weight is 366 g/mol. The highest BCUT2D eigenvalue weighted by Gasteiger charge is 2.10. The van der Waals surface area contributed by atoms with E-state index in [1.807, 2.05) is 37.4 Å². The van der Waals surface area contributed by atoms with Gasteiger partial charge in [0.05, 0.1) is 10.9 Å². The second-order valence-corrected chi connectivity index (χ2v) is 6.32. The highest BCUT2D eigenvalue weighted by molar-refractivity contribution is 5.81. The smallest absolute Gasteiger partial charge is 0.329 e. The first kappa shape index (κ1) is 18.4. The minimum Gasteiger partial charge on any atom is -0.375 e. The van der Waals surface area contributed by atoms with Crippen LogP contribution in [0.1, 0.15) is 6.42 Å². The van der Waals surface area contributed by atoms with Gasteiger partial charge in [0.2, 0.25) is 5.91 Å². The summed E-state index contributed by atoms with van der Waals surface area (Å²) < 4.78 is 1.28. The number of rotatable bonds is 7. The summed E-state index contributed by atoms with van der Waals surface area (Å²) in [5, 5.41) is 3.21. The third kappa shape index (κ3) is 4.44. The zero-order valence-electron chi connectivity index (χ0n) is 15.1. The average Bonchev–Trinajstić information content (AvgIpc) is 2.69. The fourth-order valence-electron chi connectivity index (χ4n) is 2.95. The minimum atomic E-state index is -0.585. The molecule has 27 heavy (non-hydrogen) atoms.